The van der Waals surface area contributed by atoms with E-state index in [0.717, 1.165) is 10.7 Å². The molecule has 6 heteroatoms. The van der Waals surface area contributed by atoms with Gasteiger partial charge in [-0.2, -0.15) is 0 Å². The van der Waals surface area contributed by atoms with Crippen LogP contribution in [-0.4, -0.2) is 17.4 Å². The molecule has 0 bridgehead atoms. The summed E-state index contributed by atoms with van der Waals surface area (Å²) in [5.41, 5.74) is 2.04. The molecule has 1 amide bonds. The highest BCUT2D eigenvalue weighted by Crippen LogP contribution is 2.21. The summed E-state index contributed by atoms with van der Waals surface area (Å²) in [4.78, 5) is 18.8. The number of hydrogen-bond donors (Lipinski definition) is 0. The van der Waals surface area contributed by atoms with Crippen LogP contribution >= 0.6 is 11.3 Å². The van der Waals surface area contributed by atoms with Crippen molar-refractivity contribution in [2.75, 3.05) is 11.4 Å². The van der Waals surface area contributed by atoms with E-state index in [0.29, 0.717) is 30.2 Å². The van der Waals surface area contributed by atoms with E-state index in [1.54, 1.807) is 46.6 Å². The summed E-state index contributed by atoms with van der Waals surface area (Å²) in [6.45, 7) is 4.67. The molecule has 0 saturated heterocycles. The number of carbonyl (C=O) groups is 1. The molecule has 0 unspecified atom stereocenters. The first kappa shape index (κ1) is 18.1. The summed E-state index contributed by atoms with van der Waals surface area (Å²) in [5.74, 6) is 0.121. The van der Waals surface area contributed by atoms with Crippen LogP contribution in [0.2, 0.25) is 0 Å². The van der Waals surface area contributed by atoms with Crippen molar-refractivity contribution in [3.05, 3.63) is 76.0 Å². The average molecular weight is 370 g/mol. The van der Waals surface area contributed by atoms with Crippen molar-refractivity contribution in [1.29, 1.82) is 0 Å². The number of nitrogens with zero attached hydrogens (tertiary/aromatic N) is 2. The molecule has 0 aliphatic heterocycles. The number of benzene rings is 2. The second-order valence-electron chi connectivity index (χ2n) is 5.70. The first-order valence-corrected chi connectivity index (χ1v) is 9.16. The van der Waals surface area contributed by atoms with Gasteiger partial charge in [-0.1, -0.05) is 6.07 Å². The number of ether oxygens (including phenoxy) is 1. The van der Waals surface area contributed by atoms with Crippen LogP contribution in [0.15, 0.2) is 53.9 Å². The normalized spacial score (nSPS) is 10.6. The van der Waals surface area contributed by atoms with Crippen molar-refractivity contribution in [2.24, 2.45) is 0 Å². The zero-order valence-electron chi connectivity index (χ0n) is 14.6. The Morgan fingerprint density at radius 2 is 2.00 bits per heavy atom. The first-order valence-electron chi connectivity index (χ1n) is 8.28. The second kappa shape index (κ2) is 8.10. The fraction of sp³-hybridized carbons (Fsp3) is 0.200. The Morgan fingerprint density at radius 1 is 1.23 bits per heavy atom. The van der Waals surface area contributed by atoms with Gasteiger partial charge in [-0.05, 0) is 56.3 Å². The van der Waals surface area contributed by atoms with E-state index in [9.17, 15) is 9.18 Å². The highest BCUT2D eigenvalue weighted by Gasteiger charge is 2.17. The zero-order valence-corrected chi connectivity index (χ0v) is 15.4. The number of anilines is 1. The predicted molar refractivity (Wildman–Crippen MR) is 101 cm³/mol. The maximum Gasteiger partial charge on any atom is 0.258 e. The van der Waals surface area contributed by atoms with Crippen LogP contribution in [0, 0.1) is 12.7 Å². The number of halogens is 1. The molecule has 2 aromatic carbocycles. The standard InChI is InChI=1S/C20H19FN2O2S/c1-3-23(18-9-7-16(21)8-10-18)20(24)15-5-4-6-19(11-15)25-12-17-13-26-14(2)22-17/h4-11,13H,3,12H2,1-2H3. The van der Waals surface area contributed by atoms with Gasteiger partial charge < -0.3 is 9.64 Å². The van der Waals surface area contributed by atoms with Gasteiger partial charge in [-0.15, -0.1) is 11.3 Å². The van der Waals surface area contributed by atoms with Crippen molar-refractivity contribution in [3.63, 3.8) is 0 Å². The predicted octanol–water partition coefficient (Wildman–Crippen LogP) is 4.84. The molecule has 0 spiro atoms. The van der Waals surface area contributed by atoms with Gasteiger partial charge in [0.25, 0.3) is 5.91 Å². The summed E-state index contributed by atoms with van der Waals surface area (Å²) in [7, 11) is 0. The zero-order chi connectivity index (χ0) is 18.5. The van der Waals surface area contributed by atoms with Crippen molar-refractivity contribution in [2.45, 2.75) is 20.5 Å². The number of thiazole rings is 1. The van der Waals surface area contributed by atoms with Gasteiger partial charge in [-0.25, -0.2) is 9.37 Å². The highest BCUT2D eigenvalue weighted by molar-refractivity contribution is 7.09. The molecule has 134 valence electrons. The van der Waals surface area contributed by atoms with Gasteiger partial charge in [0.1, 0.15) is 18.2 Å². The van der Waals surface area contributed by atoms with E-state index in [2.05, 4.69) is 4.98 Å². The Bertz CT molecular complexity index is 893. The van der Waals surface area contributed by atoms with E-state index in [1.807, 2.05) is 25.3 Å². The van der Waals surface area contributed by atoms with E-state index < -0.39 is 0 Å². The number of aromatic nitrogens is 1. The third-order valence-electron chi connectivity index (χ3n) is 3.83. The SMILES string of the molecule is CCN(C(=O)c1cccc(OCc2csc(C)n2)c1)c1ccc(F)cc1. The molecule has 3 aromatic rings. The summed E-state index contributed by atoms with van der Waals surface area (Å²) >= 11 is 1.57. The Balaban J connectivity index is 1.75. The lowest BCUT2D eigenvalue weighted by Crippen LogP contribution is -2.30. The van der Waals surface area contributed by atoms with Crippen molar-refractivity contribution in [1.82, 2.24) is 4.98 Å². The van der Waals surface area contributed by atoms with Crippen molar-refractivity contribution in [3.8, 4) is 5.75 Å². The molecular weight excluding hydrogens is 351 g/mol. The minimum Gasteiger partial charge on any atom is -0.487 e. The fourth-order valence-electron chi connectivity index (χ4n) is 2.57. The first-order chi connectivity index (χ1) is 12.6. The van der Waals surface area contributed by atoms with Gasteiger partial charge in [0.05, 0.1) is 10.7 Å². The lowest BCUT2D eigenvalue weighted by molar-refractivity contribution is 0.0988. The summed E-state index contributed by atoms with van der Waals surface area (Å²) < 4.78 is 18.9. The lowest BCUT2D eigenvalue weighted by Gasteiger charge is -2.21. The van der Waals surface area contributed by atoms with Gasteiger partial charge in [0, 0.05) is 23.2 Å². The molecule has 1 aromatic heterocycles. The van der Waals surface area contributed by atoms with E-state index >= 15 is 0 Å². The number of hydrogen-bond acceptors (Lipinski definition) is 4. The molecule has 26 heavy (non-hydrogen) atoms. The van der Waals surface area contributed by atoms with Crippen LogP contribution in [0.25, 0.3) is 0 Å². The smallest absolute Gasteiger partial charge is 0.258 e. The van der Waals surface area contributed by atoms with Gasteiger partial charge >= 0.3 is 0 Å². The van der Waals surface area contributed by atoms with E-state index in [4.69, 9.17) is 4.74 Å². The van der Waals surface area contributed by atoms with Crippen LogP contribution in [-0.2, 0) is 6.61 Å². The largest absolute Gasteiger partial charge is 0.487 e. The number of rotatable bonds is 6. The molecule has 0 N–H and O–H groups in total. The average Bonchev–Trinajstić information content (AvgIpc) is 3.07. The maximum absolute atomic E-state index is 13.1. The molecule has 0 atom stereocenters. The van der Waals surface area contributed by atoms with E-state index in [-0.39, 0.29) is 11.7 Å². The Kier molecular flexibility index (Phi) is 5.63. The topological polar surface area (TPSA) is 42.4 Å². The quantitative estimate of drug-likeness (QED) is 0.624. The minimum atomic E-state index is -0.329. The molecule has 4 nitrogen and oxygen atoms in total. The Morgan fingerprint density at radius 3 is 2.65 bits per heavy atom. The molecule has 0 fully saturated rings. The fourth-order valence-corrected chi connectivity index (χ4v) is 3.17. The lowest BCUT2D eigenvalue weighted by atomic mass is 10.1. The Labute approximate surface area is 155 Å². The van der Waals surface area contributed by atoms with Crippen LogP contribution in [0.3, 0.4) is 0 Å². The number of carbonyl (C=O) groups excluding carboxylic acids is 1. The third-order valence-corrected chi connectivity index (χ3v) is 4.66. The van der Waals surface area contributed by atoms with Crippen LogP contribution in [0.1, 0.15) is 28.0 Å². The minimum absolute atomic E-state index is 0.158. The summed E-state index contributed by atoms with van der Waals surface area (Å²) in [5, 5.41) is 2.95. The van der Waals surface area contributed by atoms with Crippen molar-refractivity contribution >= 4 is 22.9 Å². The highest BCUT2D eigenvalue weighted by atomic mass is 32.1. The molecule has 3 rings (SSSR count). The van der Waals surface area contributed by atoms with Crippen LogP contribution < -0.4 is 9.64 Å². The number of amides is 1. The van der Waals surface area contributed by atoms with E-state index in [1.165, 1.54) is 12.1 Å². The molecule has 0 aliphatic carbocycles. The van der Waals surface area contributed by atoms with Gasteiger partial charge in [-0.3, -0.25) is 4.79 Å². The molecule has 1 heterocycles. The van der Waals surface area contributed by atoms with Gasteiger partial charge in [0.2, 0.25) is 0 Å². The third kappa shape index (κ3) is 4.26. The monoisotopic (exact) mass is 370 g/mol. The molecule has 0 aliphatic rings. The Hall–Kier alpha value is -2.73. The summed E-state index contributed by atoms with van der Waals surface area (Å²) in [6.07, 6.45) is 0. The van der Waals surface area contributed by atoms with Crippen LogP contribution in [0.4, 0.5) is 10.1 Å². The molecule has 0 radical (unpaired) electrons. The summed E-state index contributed by atoms with van der Waals surface area (Å²) in [6, 6.07) is 12.9. The second-order valence-corrected chi connectivity index (χ2v) is 6.76. The molecule has 0 saturated carbocycles. The van der Waals surface area contributed by atoms with Crippen LogP contribution in [0.5, 0.6) is 5.75 Å². The van der Waals surface area contributed by atoms with Crippen molar-refractivity contribution < 1.29 is 13.9 Å². The molecular formula is C20H19FN2O2S. The maximum atomic E-state index is 13.1. The number of aryl methyl sites for hydroxylation is 1. The van der Waals surface area contributed by atoms with Gasteiger partial charge in [0.15, 0.2) is 0 Å².